The van der Waals surface area contributed by atoms with Gasteiger partial charge in [-0.1, -0.05) is 20.8 Å². The van der Waals surface area contributed by atoms with Gasteiger partial charge in [-0.3, -0.25) is 0 Å². The fraction of sp³-hybridized carbons (Fsp3) is 1.00. The van der Waals surface area contributed by atoms with Crippen LogP contribution < -0.4 is 11.9 Å². The van der Waals surface area contributed by atoms with E-state index in [1.54, 1.807) is 0 Å². The Kier molecular flexibility index (Phi) is 1.63. The maximum atomic E-state index is 5.86. The Hall–Kier alpha value is -0.0800. The summed E-state index contributed by atoms with van der Waals surface area (Å²) >= 11 is 0. The van der Waals surface area contributed by atoms with Crippen molar-refractivity contribution in [2.45, 2.75) is 39.7 Å². The normalized spacial score (nSPS) is 51.3. The Balaban J connectivity index is 0.000000605. The lowest BCUT2D eigenvalue weighted by molar-refractivity contribution is 0.360. The van der Waals surface area contributed by atoms with Crippen molar-refractivity contribution in [3.8, 4) is 0 Å². The van der Waals surface area contributed by atoms with E-state index in [1.807, 2.05) is 0 Å². The molecule has 0 bridgehead atoms. The standard InChI is InChI=1S/C9H17N.H3N/c1-8(2)7-4-6(10)5-9(7,8)3;/h6-7H,4-5,10H2,1-3H3;1H3. The van der Waals surface area contributed by atoms with Gasteiger partial charge in [0.05, 0.1) is 0 Å². The highest BCUT2D eigenvalue weighted by molar-refractivity contribution is 5.20. The van der Waals surface area contributed by atoms with Crippen molar-refractivity contribution in [1.29, 1.82) is 0 Å². The van der Waals surface area contributed by atoms with Crippen molar-refractivity contribution < 1.29 is 0 Å². The number of nitrogens with two attached hydrogens (primary N) is 1. The van der Waals surface area contributed by atoms with Crippen LogP contribution in [0.1, 0.15) is 33.6 Å². The lowest BCUT2D eigenvalue weighted by Gasteiger charge is -2.17. The van der Waals surface area contributed by atoms with Gasteiger partial charge in [0.2, 0.25) is 0 Å². The Morgan fingerprint density at radius 2 is 1.82 bits per heavy atom. The van der Waals surface area contributed by atoms with Gasteiger partial charge in [0, 0.05) is 6.04 Å². The van der Waals surface area contributed by atoms with Crippen LogP contribution >= 0.6 is 0 Å². The molecule has 0 saturated heterocycles. The molecule has 2 aliphatic rings. The fourth-order valence-corrected chi connectivity index (χ4v) is 3.09. The predicted octanol–water partition coefficient (Wildman–Crippen LogP) is 1.93. The molecule has 2 heteroatoms. The van der Waals surface area contributed by atoms with Crippen LogP contribution in [0.25, 0.3) is 0 Å². The van der Waals surface area contributed by atoms with E-state index in [4.69, 9.17) is 5.73 Å². The monoisotopic (exact) mass is 156 g/mol. The average molecular weight is 156 g/mol. The molecule has 3 unspecified atom stereocenters. The predicted molar refractivity (Wildman–Crippen MR) is 47.6 cm³/mol. The first-order chi connectivity index (χ1) is 4.48. The second-order valence-corrected chi connectivity index (χ2v) is 4.89. The molecule has 0 aromatic heterocycles. The van der Waals surface area contributed by atoms with Gasteiger partial charge in [0.25, 0.3) is 0 Å². The molecule has 0 aliphatic heterocycles. The third kappa shape index (κ3) is 0.798. The SMILES string of the molecule is CC1(C)C2CC(N)CC21C.N. The summed E-state index contributed by atoms with van der Waals surface area (Å²) in [6, 6.07) is 0.503. The summed E-state index contributed by atoms with van der Waals surface area (Å²) in [7, 11) is 0. The molecule has 2 rings (SSSR count). The highest BCUT2D eigenvalue weighted by Crippen LogP contribution is 2.75. The molecule has 2 fully saturated rings. The third-order valence-electron chi connectivity index (χ3n) is 4.25. The summed E-state index contributed by atoms with van der Waals surface area (Å²) in [6.07, 6.45) is 2.52. The first-order valence-electron chi connectivity index (χ1n) is 4.24. The van der Waals surface area contributed by atoms with Crippen LogP contribution in [0, 0.1) is 16.7 Å². The van der Waals surface area contributed by atoms with Gasteiger partial charge in [-0.2, -0.15) is 0 Å². The number of rotatable bonds is 0. The molecule has 5 N–H and O–H groups in total. The molecule has 3 atom stereocenters. The van der Waals surface area contributed by atoms with Gasteiger partial charge in [0.1, 0.15) is 0 Å². The van der Waals surface area contributed by atoms with E-state index < -0.39 is 0 Å². The van der Waals surface area contributed by atoms with Gasteiger partial charge in [0.15, 0.2) is 0 Å². The largest absolute Gasteiger partial charge is 0.344 e. The van der Waals surface area contributed by atoms with Crippen molar-refractivity contribution in [3.63, 3.8) is 0 Å². The van der Waals surface area contributed by atoms with E-state index >= 15 is 0 Å². The van der Waals surface area contributed by atoms with E-state index in [2.05, 4.69) is 20.8 Å². The minimum absolute atomic E-state index is 0. The van der Waals surface area contributed by atoms with E-state index in [0.717, 1.165) is 5.92 Å². The zero-order valence-corrected chi connectivity index (χ0v) is 7.85. The Bertz CT molecular complexity index is 176. The molecule has 11 heavy (non-hydrogen) atoms. The Morgan fingerprint density at radius 3 is 2.09 bits per heavy atom. The summed E-state index contributed by atoms with van der Waals surface area (Å²) < 4.78 is 0. The van der Waals surface area contributed by atoms with Gasteiger partial charge in [-0.05, 0) is 29.6 Å². The summed E-state index contributed by atoms with van der Waals surface area (Å²) in [5, 5.41) is 0. The first-order valence-corrected chi connectivity index (χ1v) is 4.24. The zero-order valence-electron chi connectivity index (χ0n) is 7.85. The summed E-state index contributed by atoms with van der Waals surface area (Å²) in [5.41, 5.74) is 7.07. The average Bonchev–Trinajstić information content (AvgIpc) is 2.21. The quantitative estimate of drug-likeness (QED) is 0.563. The molecular formula is C9H20N2. The van der Waals surface area contributed by atoms with Gasteiger partial charge < -0.3 is 11.9 Å². The van der Waals surface area contributed by atoms with Gasteiger partial charge in [-0.15, -0.1) is 0 Å². The van der Waals surface area contributed by atoms with Crippen molar-refractivity contribution in [2.75, 3.05) is 0 Å². The number of hydrogen-bond donors (Lipinski definition) is 2. The van der Waals surface area contributed by atoms with Gasteiger partial charge in [-0.25, -0.2) is 0 Å². The topological polar surface area (TPSA) is 61.0 Å². The molecule has 0 spiro atoms. The lowest BCUT2D eigenvalue weighted by Crippen LogP contribution is -2.22. The number of fused-ring (bicyclic) bond motifs is 1. The van der Waals surface area contributed by atoms with Crippen molar-refractivity contribution in [1.82, 2.24) is 6.15 Å². The molecule has 2 aliphatic carbocycles. The van der Waals surface area contributed by atoms with E-state index in [1.165, 1.54) is 12.8 Å². The molecule has 0 aromatic rings. The molecule has 2 saturated carbocycles. The summed E-state index contributed by atoms with van der Waals surface area (Å²) in [6.45, 7) is 7.15. The van der Waals surface area contributed by atoms with Crippen molar-refractivity contribution in [2.24, 2.45) is 22.5 Å². The summed E-state index contributed by atoms with van der Waals surface area (Å²) in [4.78, 5) is 0. The van der Waals surface area contributed by atoms with Crippen LogP contribution in [0.15, 0.2) is 0 Å². The van der Waals surface area contributed by atoms with Crippen LogP contribution in [-0.4, -0.2) is 6.04 Å². The fourth-order valence-electron chi connectivity index (χ4n) is 3.09. The Labute approximate surface area is 69.1 Å². The van der Waals surface area contributed by atoms with E-state index in [9.17, 15) is 0 Å². The number of hydrogen-bond acceptors (Lipinski definition) is 2. The van der Waals surface area contributed by atoms with Crippen LogP contribution in [0.3, 0.4) is 0 Å². The Morgan fingerprint density at radius 1 is 1.27 bits per heavy atom. The lowest BCUT2D eigenvalue weighted by atomic mass is 9.91. The second kappa shape index (κ2) is 1.99. The molecule has 0 heterocycles. The minimum atomic E-state index is 0. The molecule has 0 radical (unpaired) electrons. The van der Waals surface area contributed by atoms with Gasteiger partial charge >= 0.3 is 0 Å². The highest BCUT2D eigenvalue weighted by Gasteiger charge is 2.70. The van der Waals surface area contributed by atoms with Crippen LogP contribution in [0.5, 0.6) is 0 Å². The maximum Gasteiger partial charge on any atom is 0.00473 e. The van der Waals surface area contributed by atoms with Crippen molar-refractivity contribution in [3.05, 3.63) is 0 Å². The van der Waals surface area contributed by atoms with Crippen LogP contribution in [-0.2, 0) is 0 Å². The molecule has 2 nitrogen and oxygen atoms in total. The third-order valence-corrected chi connectivity index (χ3v) is 4.25. The smallest absolute Gasteiger partial charge is 0.00473 e. The first kappa shape index (κ1) is 9.01. The zero-order chi connectivity index (χ0) is 7.57. The molecule has 66 valence electrons. The van der Waals surface area contributed by atoms with E-state index in [0.29, 0.717) is 16.9 Å². The summed E-state index contributed by atoms with van der Waals surface area (Å²) in [5.74, 6) is 0.926. The highest BCUT2D eigenvalue weighted by atomic mass is 14.8. The van der Waals surface area contributed by atoms with Crippen LogP contribution in [0.2, 0.25) is 0 Å². The minimum Gasteiger partial charge on any atom is -0.344 e. The maximum absolute atomic E-state index is 5.86. The van der Waals surface area contributed by atoms with Crippen LogP contribution in [0.4, 0.5) is 0 Å². The molecule has 0 aromatic carbocycles. The second-order valence-electron chi connectivity index (χ2n) is 4.89. The van der Waals surface area contributed by atoms with Crippen molar-refractivity contribution >= 4 is 0 Å². The van der Waals surface area contributed by atoms with E-state index in [-0.39, 0.29) is 6.15 Å². The molecular weight excluding hydrogens is 136 g/mol. The molecule has 0 amide bonds.